The lowest BCUT2D eigenvalue weighted by atomic mass is 10.00. The van der Waals surface area contributed by atoms with Gasteiger partial charge >= 0.3 is 0 Å². The smallest absolute Gasteiger partial charge is 0.265 e. The molecule has 1 heterocycles. The maximum absolute atomic E-state index is 12.3. The van der Waals surface area contributed by atoms with Crippen LogP contribution in [-0.4, -0.2) is 31.5 Å². The van der Waals surface area contributed by atoms with E-state index in [9.17, 15) is 14.3 Å². The van der Waals surface area contributed by atoms with E-state index in [-0.39, 0.29) is 11.4 Å². The molecule has 0 amide bonds. The first kappa shape index (κ1) is 17.3. The van der Waals surface area contributed by atoms with E-state index in [1.54, 1.807) is 27.7 Å². The van der Waals surface area contributed by atoms with Crippen LogP contribution in [-0.2, 0) is 10.8 Å². The zero-order valence-electron chi connectivity index (χ0n) is 12.8. The van der Waals surface area contributed by atoms with Gasteiger partial charge < -0.3 is 5.73 Å². The predicted octanol–water partition coefficient (Wildman–Crippen LogP) is 1.94. The van der Waals surface area contributed by atoms with Crippen molar-refractivity contribution < 1.29 is 9.13 Å². The van der Waals surface area contributed by atoms with Crippen molar-refractivity contribution in [3.05, 3.63) is 45.7 Å². The van der Waals surface area contributed by atoms with Crippen LogP contribution in [0.3, 0.4) is 0 Å². The van der Waals surface area contributed by atoms with E-state index in [0.29, 0.717) is 17.0 Å². The zero-order chi connectivity index (χ0) is 16.4. The van der Waals surface area contributed by atoms with Crippen LogP contribution in [0.25, 0.3) is 0 Å². The average Bonchev–Trinajstić information content (AvgIpc) is 2.36. The summed E-state index contributed by atoms with van der Waals surface area (Å²) in [7, 11) is -1.20. The van der Waals surface area contributed by atoms with Crippen LogP contribution in [0.1, 0.15) is 27.7 Å². The molecule has 0 radical (unpaired) electrons. The highest BCUT2D eigenvalue weighted by Crippen LogP contribution is 2.27. The first-order chi connectivity index (χ1) is 9.61. The van der Waals surface area contributed by atoms with Gasteiger partial charge in [0.15, 0.2) is 0 Å². The van der Waals surface area contributed by atoms with E-state index in [1.165, 1.54) is 12.2 Å². The molecule has 2 N–H and O–H groups in total. The van der Waals surface area contributed by atoms with Crippen LogP contribution in [0.15, 0.2) is 40.6 Å². The van der Waals surface area contributed by atoms with E-state index in [2.05, 4.69) is 11.6 Å². The molecule has 116 valence electrons. The fourth-order valence-corrected chi connectivity index (χ4v) is 3.14. The number of aliphatic imine (C=N–C) groups is 1. The highest BCUT2D eigenvalue weighted by molar-refractivity contribution is 7.87. The van der Waals surface area contributed by atoms with Gasteiger partial charge in [-0.25, -0.2) is 0 Å². The largest absolute Gasteiger partial charge is 0.386 e. The topological polar surface area (TPSA) is 98.6 Å². The maximum atomic E-state index is 12.3. The summed E-state index contributed by atoms with van der Waals surface area (Å²) >= 11 is 0. The minimum absolute atomic E-state index is 0.0441. The van der Waals surface area contributed by atoms with Crippen LogP contribution in [0.4, 0.5) is 0 Å². The molecule has 1 rings (SSSR count). The Morgan fingerprint density at radius 2 is 2.19 bits per heavy atom. The summed E-state index contributed by atoms with van der Waals surface area (Å²) in [6.45, 7) is 10.7. The molecule has 6 nitrogen and oxygen atoms in total. The number of allylic oxidation sites excluding steroid dienone is 2. The summed E-state index contributed by atoms with van der Waals surface area (Å²) in [5.74, 6) is 0.577. The molecule has 0 aromatic heterocycles. The lowest BCUT2D eigenvalue weighted by Crippen LogP contribution is -2.49. The molecule has 2 atom stereocenters. The van der Waals surface area contributed by atoms with Gasteiger partial charge in [0.25, 0.3) is 5.70 Å². The van der Waals surface area contributed by atoms with Crippen molar-refractivity contribution >= 4 is 16.6 Å². The van der Waals surface area contributed by atoms with Crippen molar-refractivity contribution in [3.8, 4) is 0 Å². The van der Waals surface area contributed by atoms with Gasteiger partial charge in [-0.2, -0.15) is 0 Å². The Balaban J connectivity index is 3.30. The number of hydrogen-bond acceptors (Lipinski definition) is 5. The Kier molecular flexibility index (Phi) is 5.22. The highest BCUT2D eigenvalue weighted by atomic mass is 32.2. The lowest BCUT2D eigenvalue weighted by Gasteiger charge is -2.32. The molecule has 0 spiro atoms. The molecule has 0 aromatic rings. The van der Waals surface area contributed by atoms with E-state index in [0.717, 1.165) is 0 Å². The van der Waals surface area contributed by atoms with Crippen LogP contribution >= 0.6 is 0 Å². The van der Waals surface area contributed by atoms with Gasteiger partial charge in [-0.05, 0) is 39.3 Å². The second-order valence-electron chi connectivity index (χ2n) is 5.40. The molecule has 1 aliphatic rings. The second kappa shape index (κ2) is 6.34. The van der Waals surface area contributed by atoms with Gasteiger partial charge in [0, 0.05) is 16.9 Å². The summed E-state index contributed by atoms with van der Waals surface area (Å²) < 4.78 is 11.6. The van der Waals surface area contributed by atoms with Crippen molar-refractivity contribution in [3.63, 3.8) is 0 Å². The second-order valence-corrected chi connectivity index (χ2v) is 7.45. The third-order valence-corrected chi connectivity index (χ3v) is 5.42. The third kappa shape index (κ3) is 3.66. The van der Waals surface area contributed by atoms with Crippen molar-refractivity contribution in [1.29, 1.82) is 0 Å². The molecule has 0 fully saturated rings. The number of rotatable bonds is 4. The minimum Gasteiger partial charge on any atom is -0.386 e. The molecule has 2 unspecified atom stereocenters. The third-order valence-electron chi connectivity index (χ3n) is 3.45. The monoisotopic (exact) mass is 311 g/mol. The first-order valence-electron chi connectivity index (χ1n) is 6.51. The maximum Gasteiger partial charge on any atom is 0.265 e. The molecular weight excluding hydrogens is 290 g/mol. The standard InChI is InChI=1S/C14H21N3O3S/c1-6-10(17(18)19)7-11(9(2)3)12-8-21(20)14(4,5)13(15)16-12/h6-7,12H,2,8H2,1,3-5H3,(H2,15,16)/b10-6?,11-7+. The van der Waals surface area contributed by atoms with Gasteiger partial charge in [-0.3, -0.25) is 19.3 Å². The molecule has 1 aliphatic heterocycles. The fraction of sp³-hybridized carbons (Fsp3) is 0.500. The molecule has 0 saturated carbocycles. The highest BCUT2D eigenvalue weighted by Gasteiger charge is 2.37. The summed E-state index contributed by atoms with van der Waals surface area (Å²) in [5.41, 5.74) is 7.10. The van der Waals surface area contributed by atoms with Crippen molar-refractivity contribution in [2.45, 2.75) is 38.5 Å². The Labute approximate surface area is 127 Å². The van der Waals surface area contributed by atoms with E-state index < -0.39 is 26.5 Å². The predicted molar refractivity (Wildman–Crippen MR) is 86.1 cm³/mol. The van der Waals surface area contributed by atoms with Gasteiger partial charge in [-0.1, -0.05) is 12.2 Å². The molecule has 7 heteroatoms. The molecule has 21 heavy (non-hydrogen) atoms. The number of nitrogens with two attached hydrogens (primary N) is 1. The Morgan fingerprint density at radius 3 is 2.57 bits per heavy atom. The normalized spacial score (nSPS) is 26.2. The summed E-state index contributed by atoms with van der Waals surface area (Å²) in [6, 6.07) is -0.466. The molecular formula is C14H21N3O3S. The van der Waals surface area contributed by atoms with Crippen LogP contribution in [0.5, 0.6) is 0 Å². The quantitative estimate of drug-likeness (QED) is 0.487. The number of hydrogen-bond donors (Lipinski definition) is 1. The number of nitro groups is 1. The molecule has 0 bridgehead atoms. The van der Waals surface area contributed by atoms with Gasteiger partial charge in [0.1, 0.15) is 5.84 Å². The van der Waals surface area contributed by atoms with E-state index in [4.69, 9.17) is 5.73 Å². The van der Waals surface area contributed by atoms with E-state index in [1.807, 2.05) is 0 Å². The van der Waals surface area contributed by atoms with Crippen molar-refractivity contribution in [2.75, 3.05) is 5.75 Å². The summed E-state index contributed by atoms with van der Waals surface area (Å²) in [4.78, 5) is 14.8. The Morgan fingerprint density at radius 1 is 1.62 bits per heavy atom. The first-order valence-corrected chi connectivity index (χ1v) is 7.83. The van der Waals surface area contributed by atoms with Crippen LogP contribution in [0.2, 0.25) is 0 Å². The average molecular weight is 311 g/mol. The van der Waals surface area contributed by atoms with Crippen molar-refractivity contribution in [1.82, 2.24) is 0 Å². The molecule has 0 aromatic carbocycles. The SMILES string of the molecule is C=C(C)/C(=C\C(=CC)[N+](=O)[O-])C1CS(=O)C(C)(C)C(N)=N1. The number of nitrogens with zero attached hydrogens (tertiary/aromatic N) is 2. The zero-order valence-corrected chi connectivity index (χ0v) is 13.6. The molecule has 0 saturated heterocycles. The van der Waals surface area contributed by atoms with Gasteiger partial charge in [0.2, 0.25) is 0 Å². The van der Waals surface area contributed by atoms with Gasteiger partial charge in [-0.15, -0.1) is 0 Å². The molecule has 0 aliphatic carbocycles. The van der Waals surface area contributed by atoms with Crippen molar-refractivity contribution in [2.24, 2.45) is 10.7 Å². The van der Waals surface area contributed by atoms with Crippen LogP contribution in [0, 0.1) is 10.1 Å². The Bertz CT molecular complexity index is 588. The minimum atomic E-state index is -1.20. The summed E-state index contributed by atoms with van der Waals surface area (Å²) in [5, 5.41) is 10.9. The van der Waals surface area contributed by atoms with Gasteiger partial charge in [0.05, 0.1) is 21.5 Å². The lowest BCUT2D eigenvalue weighted by molar-refractivity contribution is -0.419. The summed E-state index contributed by atoms with van der Waals surface area (Å²) in [6.07, 6.45) is 2.83. The fourth-order valence-electron chi connectivity index (χ4n) is 1.89. The van der Waals surface area contributed by atoms with Crippen LogP contribution < -0.4 is 5.73 Å². The Hall–Kier alpha value is -1.76. The van der Waals surface area contributed by atoms with E-state index >= 15 is 0 Å². The number of amidine groups is 1.